The molecule has 0 saturated carbocycles. The fraction of sp³-hybridized carbons (Fsp3) is 0.571. The van der Waals surface area contributed by atoms with E-state index >= 15 is 0 Å². The maximum atomic E-state index is 12.0. The number of furan rings is 1. The van der Waals surface area contributed by atoms with Gasteiger partial charge in [-0.2, -0.15) is 0 Å². The van der Waals surface area contributed by atoms with Crippen LogP contribution in [0.4, 0.5) is 0 Å². The van der Waals surface area contributed by atoms with E-state index in [1.54, 1.807) is 6.26 Å². The number of aryl methyl sites for hydroxylation is 1. The molecule has 0 spiro atoms. The average molecular weight is 280 g/mol. The first-order chi connectivity index (χ1) is 9.65. The summed E-state index contributed by atoms with van der Waals surface area (Å²) in [6, 6.07) is 3.69. The van der Waals surface area contributed by atoms with Crippen molar-refractivity contribution in [1.29, 1.82) is 0 Å². The molecule has 1 fully saturated rings. The highest BCUT2D eigenvalue weighted by atomic mass is 16.4. The second kappa shape index (κ2) is 7.09. The molecule has 1 aliphatic rings. The van der Waals surface area contributed by atoms with Gasteiger partial charge in [-0.3, -0.25) is 14.5 Å². The molecule has 1 aromatic heterocycles. The molecule has 1 N–H and O–H groups in total. The van der Waals surface area contributed by atoms with E-state index < -0.39 is 5.97 Å². The summed E-state index contributed by atoms with van der Waals surface area (Å²) in [7, 11) is 0. The standard InChI is InChI=1S/C14H20N2O4/c17-13(4-3-12-2-1-11-20-12)16-9-7-15(8-10-16)6-5-14(18)19/h1-2,11H,3-10H2,(H,18,19). The lowest BCUT2D eigenvalue weighted by molar-refractivity contribution is -0.138. The Balaban J connectivity index is 1.67. The lowest BCUT2D eigenvalue weighted by Crippen LogP contribution is -2.49. The summed E-state index contributed by atoms with van der Waals surface area (Å²) >= 11 is 0. The SMILES string of the molecule is O=C(O)CCN1CCN(C(=O)CCc2ccco2)CC1. The Morgan fingerprint density at radius 2 is 1.95 bits per heavy atom. The molecule has 0 radical (unpaired) electrons. The van der Waals surface area contributed by atoms with Gasteiger partial charge in [-0.05, 0) is 12.1 Å². The number of hydrogen-bond acceptors (Lipinski definition) is 4. The van der Waals surface area contributed by atoms with Crippen molar-refractivity contribution in [2.24, 2.45) is 0 Å². The Kier molecular flexibility index (Phi) is 5.17. The number of carboxylic acids is 1. The molecule has 2 heterocycles. The van der Waals surface area contributed by atoms with E-state index in [2.05, 4.69) is 4.90 Å². The van der Waals surface area contributed by atoms with Crippen LogP contribution < -0.4 is 0 Å². The molecule has 110 valence electrons. The van der Waals surface area contributed by atoms with E-state index in [-0.39, 0.29) is 12.3 Å². The minimum Gasteiger partial charge on any atom is -0.481 e. The van der Waals surface area contributed by atoms with Gasteiger partial charge < -0.3 is 14.4 Å². The Bertz CT molecular complexity index is 436. The normalized spacial score (nSPS) is 16.3. The highest BCUT2D eigenvalue weighted by molar-refractivity contribution is 5.76. The number of rotatable bonds is 6. The van der Waals surface area contributed by atoms with Crippen LogP contribution in [0, 0.1) is 0 Å². The molecule has 1 aromatic rings. The van der Waals surface area contributed by atoms with Crippen LogP contribution in [0.2, 0.25) is 0 Å². The lowest BCUT2D eigenvalue weighted by Gasteiger charge is -2.34. The van der Waals surface area contributed by atoms with E-state index in [9.17, 15) is 9.59 Å². The summed E-state index contributed by atoms with van der Waals surface area (Å²) in [6.45, 7) is 3.41. The zero-order chi connectivity index (χ0) is 14.4. The molecule has 20 heavy (non-hydrogen) atoms. The highest BCUT2D eigenvalue weighted by Gasteiger charge is 2.21. The van der Waals surface area contributed by atoms with Gasteiger partial charge in [0.25, 0.3) is 0 Å². The summed E-state index contributed by atoms with van der Waals surface area (Å²) in [5, 5.41) is 8.64. The number of carbonyl (C=O) groups is 2. The largest absolute Gasteiger partial charge is 0.481 e. The van der Waals surface area contributed by atoms with Crippen molar-refractivity contribution < 1.29 is 19.1 Å². The van der Waals surface area contributed by atoms with Crippen molar-refractivity contribution in [1.82, 2.24) is 9.80 Å². The molecule has 0 unspecified atom stereocenters. The van der Waals surface area contributed by atoms with Gasteiger partial charge in [0.15, 0.2) is 0 Å². The third-order valence-electron chi connectivity index (χ3n) is 3.53. The predicted octanol–water partition coefficient (Wildman–Crippen LogP) is 0.831. The summed E-state index contributed by atoms with van der Waals surface area (Å²) in [4.78, 5) is 26.5. The van der Waals surface area contributed by atoms with Gasteiger partial charge in [0.2, 0.25) is 5.91 Å². The fourth-order valence-corrected chi connectivity index (χ4v) is 2.32. The topological polar surface area (TPSA) is 74.0 Å². The molecule has 0 aliphatic carbocycles. The summed E-state index contributed by atoms with van der Waals surface area (Å²) < 4.78 is 5.21. The van der Waals surface area contributed by atoms with Crippen LogP contribution in [0.5, 0.6) is 0 Å². The van der Waals surface area contributed by atoms with E-state index in [1.165, 1.54) is 0 Å². The number of hydrogen-bond donors (Lipinski definition) is 1. The van der Waals surface area contributed by atoms with E-state index in [0.29, 0.717) is 32.5 Å². The van der Waals surface area contributed by atoms with Gasteiger partial charge >= 0.3 is 5.97 Å². The molecular weight excluding hydrogens is 260 g/mol. The van der Waals surface area contributed by atoms with E-state index in [1.807, 2.05) is 17.0 Å². The molecular formula is C14H20N2O4. The maximum Gasteiger partial charge on any atom is 0.304 e. The molecule has 0 atom stereocenters. The van der Waals surface area contributed by atoms with Gasteiger partial charge in [0, 0.05) is 45.6 Å². The Labute approximate surface area is 118 Å². The molecule has 6 nitrogen and oxygen atoms in total. The minimum atomic E-state index is -0.776. The molecule has 1 saturated heterocycles. The van der Waals surface area contributed by atoms with Crippen molar-refractivity contribution in [3.05, 3.63) is 24.2 Å². The number of piperazine rings is 1. The van der Waals surface area contributed by atoms with Crippen LogP contribution in [0.3, 0.4) is 0 Å². The third-order valence-corrected chi connectivity index (χ3v) is 3.53. The fourth-order valence-electron chi connectivity index (χ4n) is 2.32. The molecule has 0 aromatic carbocycles. The number of carbonyl (C=O) groups excluding carboxylic acids is 1. The van der Waals surface area contributed by atoms with Crippen molar-refractivity contribution in [3.63, 3.8) is 0 Å². The Morgan fingerprint density at radius 1 is 1.20 bits per heavy atom. The summed E-state index contributed by atoms with van der Waals surface area (Å²) in [5.74, 6) is 0.194. The quantitative estimate of drug-likeness (QED) is 0.835. The maximum absolute atomic E-state index is 12.0. The monoisotopic (exact) mass is 280 g/mol. The van der Waals surface area contributed by atoms with Crippen LogP contribution in [0.1, 0.15) is 18.6 Å². The number of amides is 1. The third kappa shape index (κ3) is 4.38. The zero-order valence-electron chi connectivity index (χ0n) is 11.5. The first-order valence-corrected chi connectivity index (χ1v) is 6.89. The van der Waals surface area contributed by atoms with Gasteiger partial charge in [-0.1, -0.05) is 0 Å². The van der Waals surface area contributed by atoms with Crippen LogP contribution in [0.15, 0.2) is 22.8 Å². The molecule has 1 aliphatic heterocycles. The molecule has 1 amide bonds. The van der Waals surface area contributed by atoms with Gasteiger partial charge in [-0.25, -0.2) is 0 Å². The second-order valence-electron chi connectivity index (χ2n) is 4.95. The van der Waals surface area contributed by atoms with Crippen molar-refractivity contribution in [3.8, 4) is 0 Å². The Morgan fingerprint density at radius 3 is 2.55 bits per heavy atom. The van der Waals surface area contributed by atoms with E-state index in [4.69, 9.17) is 9.52 Å². The van der Waals surface area contributed by atoms with Gasteiger partial charge in [0.1, 0.15) is 5.76 Å². The van der Waals surface area contributed by atoms with Crippen LogP contribution >= 0.6 is 0 Å². The zero-order valence-corrected chi connectivity index (χ0v) is 11.5. The van der Waals surface area contributed by atoms with Crippen molar-refractivity contribution >= 4 is 11.9 Å². The Hall–Kier alpha value is -1.82. The molecule has 0 bridgehead atoms. The van der Waals surface area contributed by atoms with Crippen LogP contribution in [-0.4, -0.2) is 59.5 Å². The van der Waals surface area contributed by atoms with Crippen LogP contribution in [0.25, 0.3) is 0 Å². The number of nitrogens with zero attached hydrogens (tertiary/aromatic N) is 2. The first kappa shape index (κ1) is 14.6. The smallest absolute Gasteiger partial charge is 0.304 e. The van der Waals surface area contributed by atoms with Gasteiger partial charge in [-0.15, -0.1) is 0 Å². The molecule has 2 rings (SSSR count). The van der Waals surface area contributed by atoms with Crippen molar-refractivity contribution in [2.75, 3.05) is 32.7 Å². The molecule has 6 heteroatoms. The number of carboxylic acid groups (broad SMARTS) is 1. The van der Waals surface area contributed by atoms with Crippen LogP contribution in [-0.2, 0) is 16.0 Å². The predicted molar refractivity (Wildman–Crippen MR) is 72.3 cm³/mol. The second-order valence-corrected chi connectivity index (χ2v) is 4.95. The number of aliphatic carboxylic acids is 1. The van der Waals surface area contributed by atoms with E-state index in [0.717, 1.165) is 18.8 Å². The first-order valence-electron chi connectivity index (χ1n) is 6.89. The summed E-state index contributed by atoms with van der Waals surface area (Å²) in [5.41, 5.74) is 0. The summed E-state index contributed by atoms with van der Waals surface area (Å²) in [6.07, 6.45) is 2.86. The van der Waals surface area contributed by atoms with Crippen molar-refractivity contribution in [2.45, 2.75) is 19.3 Å². The van der Waals surface area contributed by atoms with Gasteiger partial charge in [0.05, 0.1) is 12.7 Å². The highest BCUT2D eigenvalue weighted by Crippen LogP contribution is 2.08. The lowest BCUT2D eigenvalue weighted by atomic mass is 10.2. The minimum absolute atomic E-state index is 0.138. The average Bonchev–Trinajstić information content (AvgIpc) is 2.96.